The fraction of sp³-hybridized carbons (Fsp3) is 0.632. The molecule has 1 heterocycles. The molecule has 1 aromatic carbocycles. The van der Waals surface area contributed by atoms with Crippen molar-refractivity contribution < 1.29 is 4.79 Å². The quantitative estimate of drug-likeness (QED) is 0.811. The molecule has 1 aromatic rings. The summed E-state index contributed by atoms with van der Waals surface area (Å²) in [6.07, 6.45) is 5.02. The third kappa shape index (κ3) is 5.33. The van der Waals surface area contributed by atoms with Gasteiger partial charge in [-0.15, -0.1) is 0 Å². The molecule has 1 saturated heterocycles. The number of carbonyl (C=O) groups excluding carboxylic acids is 1. The van der Waals surface area contributed by atoms with E-state index in [-0.39, 0.29) is 5.91 Å². The topological polar surface area (TPSA) is 44.4 Å². The van der Waals surface area contributed by atoms with E-state index in [1.165, 1.54) is 49.9 Å². The number of hydrogen-bond acceptors (Lipinski definition) is 3. The molecular weight excluding hydrogens is 286 g/mol. The summed E-state index contributed by atoms with van der Waals surface area (Å²) in [5.74, 6) is 0.957. The van der Waals surface area contributed by atoms with Crippen molar-refractivity contribution in [1.82, 2.24) is 15.5 Å². The first-order valence-corrected chi connectivity index (χ1v) is 9.00. The molecule has 0 spiro atoms. The highest BCUT2D eigenvalue weighted by Gasteiger charge is 2.21. The molecule has 0 unspecified atom stereocenters. The number of nitrogens with zero attached hydrogens (tertiary/aromatic N) is 1. The van der Waals surface area contributed by atoms with Crippen LogP contribution in [-0.4, -0.2) is 36.5 Å². The zero-order valence-electron chi connectivity index (χ0n) is 14.2. The standard InChI is InChI=1S/C19H29N3O/c1-15-8-10-22(11-9-15)14-17-5-3-2-4-16(17)12-21-19(23)13-20-18-6-7-18/h2-5,15,18,20H,6-14H2,1H3,(H,21,23). The molecule has 2 fully saturated rings. The fourth-order valence-electron chi connectivity index (χ4n) is 3.13. The number of nitrogens with one attached hydrogen (secondary N) is 2. The second kappa shape index (κ2) is 7.93. The van der Waals surface area contributed by atoms with Gasteiger partial charge >= 0.3 is 0 Å². The monoisotopic (exact) mass is 315 g/mol. The predicted octanol–water partition coefficient (Wildman–Crippen LogP) is 2.29. The number of carbonyl (C=O) groups is 1. The lowest BCUT2D eigenvalue weighted by Crippen LogP contribution is -2.35. The van der Waals surface area contributed by atoms with Crippen molar-refractivity contribution in [2.75, 3.05) is 19.6 Å². The van der Waals surface area contributed by atoms with Crippen molar-refractivity contribution in [1.29, 1.82) is 0 Å². The van der Waals surface area contributed by atoms with Crippen molar-refractivity contribution in [3.8, 4) is 0 Å². The number of rotatable bonds is 7. The van der Waals surface area contributed by atoms with Gasteiger partial charge in [-0.2, -0.15) is 0 Å². The summed E-state index contributed by atoms with van der Waals surface area (Å²) in [6, 6.07) is 9.07. The molecule has 4 heteroatoms. The van der Waals surface area contributed by atoms with E-state index in [9.17, 15) is 4.79 Å². The van der Waals surface area contributed by atoms with Gasteiger partial charge in [0.05, 0.1) is 6.54 Å². The molecule has 4 nitrogen and oxygen atoms in total. The van der Waals surface area contributed by atoms with Gasteiger partial charge in [-0.3, -0.25) is 9.69 Å². The largest absolute Gasteiger partial charge is 0.351 e. The van der Waals surface area contributed by atoms with Crippen LogP contribution in [0.5, 0.6) is 0 Å². The lowest BCUT2D eigenvalue weighted by molar-refractivity contribution is -0.120. The summed E-state index contributed by atoms with van der Waals surface area (Å²) in [5, 5.41) is 6.30. The Morgan fingerprint density at radius 3 is 2.52 bits per heavy atom. The van der Waals surface area contributed by atoms with E-state index in [4.69, 9.17) is 0 Å². The van der Waals surface area contributed by atoms with Crippen LogP contribution in [0.3, 0.4) is 0 Å². The van der Waals surface area contributed by atoms with Gasteiger partial charge in [-0.25, -0.2) is 0 Å². The average Bonchev–Trinajstić information content (AvgIpc) is 3.38. The second-order valence-corrected chi connectivity index (χ2v) is 7.16. The molecule has 2 N–H and O–H groups in total. The Bertz CT molecular complexity index is 519. The van der Waals surface area contributed by atoms with E-state index in [1.807, 2.05) is 0 Å². The van der Waals surface area contributed by atoms with Gasteiger partial charge < -0.3 is 10.6 Å². The first-order chi connectivity index (χ1) is 11.2. The molecule has 0 atom stereocenters. The van der Waals surface area contributed by atoms with Gasteiger partial charge in [0.2, 0.25) is 5.91 Å². The van der Waals surface area contributed by atoms with E-state index in [2.05, 4.69) is 46.7 Å². The van der Waals surface area contributed by atoms with Gasteiger partial charge in [0.15, 0.2) is 0 Å². The van der Waals surface area contributed by atoms with E-state index in [0.717, 1.165) is 12.5 Å². The van der Waals surface area contributed by atoms with Crippen molar-refractivity contribution in [3.05, 3.63) is 35.4 Å². The molecule has 0 aromatic heterocycles. The van der Waals surface area contributed by atoms with Gasteiger partial charge in [-0.1, -0.05) is 31.2 Å². The molecule has 126 valence electrons. The van der Waals surface area contributed by atoms with Gasteiger partial charge in [0, 0.05) is 19.1 Å². The first kappa shape index (κ1) is 16.5. The van der Waals surface area contributed by atoms with Crippen molar-refractivity contribution in [2.45, 2.75) is 51.7 Å². The van der Waals surface area contributed by atoms with Crippen LogP contribution in [0, 0.1) is 5.92 Å². The molecule has 1 amide bonds. The summed E-state index contributed by atoms with van der Waals surface area (Å²) >= 11 is 0. The number of hydrogen-bond donors (Lipinski definition) is 2. The minimum absolute atomic E-state index is 0.0958. The van der Waals surface area contributed by atoms with Gasteiger partial charge in [0.1, 0.15) is 0 Å². The maximum absolute atomic E-state index is 11.9. The smallest absolute Gasteiger partial charge is 0.234 e. The van der Waals surface area contributed by atoms with Crippen LogP contribution in [0.15, 0.2) is 24.3 Å². The maximum atomic E-state index is 11.9. The summed E-state index contributed by atoms with van der Waals surface area (Å²) in [4.78, 5) is 14.4. The molecule has 0 radical (unpaired) electrons. The number of benzene rings is 1. The summed E-state index contributed by atoms with van der Waals surface area (Å²) < 4.78 is 0. The maximum Gasteiger partial charge on any atom is 0.234 e. The Labute approximate surface area is 139 Å². The third-order valence-electron chi connectivity index (χ3n) is 4.99. The van der Waals surface area contributed by atoms with Gasteiger partial charge in [0.25, 0.3) is 0 Å². The molecule has 1 aliphatic heterocycles. The number of likely N-dealkylation sites (tertiary alicyclic amines) is 1. The first-order valence-electron chi connectivity index (χ1n) is 9.00. The minimum atomic E-state index is 0.0958. The third-order valence-corrected chi connectivity index (χ3v) is 4.99. The van der Waals surface area contributed by atoms with Crippen molar-refractivity contribution in [3.63, 3.8) is 0 Å². The molecule has 3 rings (SSSR count). The van der Waals surface area contributed by atoms with E-state index < -0.39 is 0 Å². The lowest BCUT2D eigenvalue weighted by Gasteiger charge is -2.30. The molecule has 23 heavy (non-hydrogen) atoms. The van der Waals surface area contributed by atoms with E-state index >= 15 is 0 Å². The fourth-order valence-corrected chi connectivity index (χ4v) is 3.13. The molecule has 0 bridgehead atoms. The number of amides is 1. The zero-order valence-corrected chi connectivity index (χ0v) is 14.2. The lowest BCUT2D eigenvalue weighted by atomic mass is 9.98. The van der Waals surface area contributed by atoms with Crippen LogP contribution in [-0.2, 0) is 17.9 Å². The summed E-state index contributed by atoms with van der Waals surface area (Å²) in [5.41, 5.74) is 2.59. The Hall–Kier alpha value is -1.39. The predicted molar refractivity (Wildman–Crippen MR) is 93.0 cm³/mol. The van der Waals surface area contributed by atoms with E-state index in [1.54, 1.807) is 0 Å². The summed E-state index contributed by atoms with van der Waals surface area (Å²) in [7, 11) is 0. The highest BCUT2D eigenvalue weighted by atomic mass is 16.1. The highest BCUT2D eigenvalue weighted by Crippen LogP contribution is 2.20. The van der Waals surface area contributed by atoms with Crippen LogP contribution in [0.1, 0.15) is 43.7 Å². The van der Waals surface area contributed by atoms with Crippen molar-refractivity contribution in [2.24, 2.45) is 5.92 Å². The van der Waals surface area contributed by atoms with Crippen LogP contribution < -0.4 is 10.6 Å². The Morgan fingerprint density at radius 1 is 1.13 bits per heavy atom. The van der Waals surface area contributed by atoms with Crippen LogP contribution in [0.4, 0.5) is 0 Å². The molecule has 1 saturated carbocycles. The Morgan fingerprint density at radius 2 is 1.83 bits per heavy atom. The normalized spacial score (nSPS) is 19.7. The highest BCUT2D eigenvalue weighted by molar-refractivity contribution is 5.78. The Kier molecular flexibility index (Phi) is 5.68. The summed E-state index contributed by atoms with van der Waals surface area (Å²) in [6.45, 7) is 6.79. The molecule has 1 aliphatic carbocycles. The molecular formula is C19H29N3O. The van der Waals surface area contributed by atoms with Crippen LogP contribution >= 0.6 is 0 Å². The Balaban J connectivity index is 1.49. The average molecular weight is 315 g/mol. The minimum Gasteiger partial charge on any atom is -0.351 e. The second-order valence-electron chi connectivity index (χ2n) is 7.16. The molecule has 2 aliphatic rings. The van der Waals surface area contributed by atoms with Crippen LogP contribution in [0.2, 0.25) is 0 Å². The van der Waals surface area contributed by atoms with Crippen molar-refractivity contribution >= 4 is 5.91 Å². The van der Waals surface area contributed by atoms with Crippen LogP contribution in [0.25, 0.3) is 0 Å². The van der Waals surface area contributed by atoms with Gasteiger partial charge in [-0.05, 0) is 55.8 Å². The SMILES string of the molecule is CC1CCN(Cc2ccccc2CNC(=O)CNC2CC2)CC1. The van der Waals surface area contributed by atoms with E-state index in [0.29, 0.717) is 19.1 Å². The zero-order chi connectivity index (χ0) is 16.1. The number of piperidine rings is 1.